The fourth-order valence-corrected chi connectivity index (χ4v) is 4.05. The number of rotatable bonds is 5. The number of piperidine rings is 1. The molecule has 6 heteroatoms. The summed E-state index contributed by atoms with van der Waals surface area (Å²) in [6.45, 7) is 1.55. The summed E-state index contributed by atoms with van der Waals surface area (Å²) in [7, 11) is 0. The van der Waals surface area contributed by atoms with E-state index in [0.29, 0.717) is 5.69 Å². The van der Waals surface area contributed by atoms with Crippen molar-refractivity contribution in [2.75, 3.05) is 23.3 Å². The second-order valence-corrected chi connectivity index (χ2v) is 8.07. The van der Waals surface area contributed by atoms with Gasteiger partial charge in [-0.15, -0.1) is 0 Å². The first-order valence-corrected chi connectivity index (χ1v) is 10.8. The Bertz CT molecular complexity index is 1060. The molecule has 4 rings (SSSR count). The third-order valence-corrected chi connectivity index (χ3v) is 5.72. The number of hydrogen-bond donors (Lipinski definition) is 1. The van der Waals surface area contributed by atoms with Gasteiger partial charge < -0.3 is 10.2 Å². The molecule has 1 aliphatic rings. The minimum atomic E-state index is -4.47. The third kappa shape index (κ3) is 5.31. The van der Waals surface area contributed by atoms with Crippen molar-refractivity contribution in [2.24, 2.45) is 0 Å². The van der Waals surface area contributed by atoms with Gasteiger partial charge in [-0.3, -0.25) is 4.79 Å². The molecule has 3 aromatic rings. The van der Waals surface area contributed by atoms with Crippen molar-refractivity contribution in [3.8, 4) is 11.1 Å². The van der Waals surface area contributed by atoms with Crippen molar-refractivity contribution in [1.82, 2.24) is 0 Å². The highest BCUT2D eigenvalue weighted by Crippen LogP contribution is 2.36. The standard InChI is InChI=1S/C26H25F3N2O/c27-26(28,29)22-13-14-24(31-15-5-2-6-16-31)23(18-22)30-25(32)17-19-9-11-21(12-10-19)20-7-3-1-4-8-20/h1,3-4,7-14,18H,2,5-6,15-17H2,(H,30,32). The fourth-order valence-electron chi connectivity index (χ4n) is 4.05. The van der Waals surface area contributed by atoms with Gasteiger partial charge in [-0.2, -0.15) is 13.2 Å². The molecule has 1 heterocycles. The number of nitrogens with one attached hydrogen (secondary N) is 1. The highest BCUT2D eigenvalue weighted by Gasteiger charge is 2.31. The average Bonchev–Trinajstić information content (AvgIpc) is 2.80. The largest absolute Gasteiger partial charge is 0.416 e. The molecular formula is C26H25F3N2O. The third-order valence-electron chi connectivity index (χ3n) is 5.72. The SMILES string of the molecule is O=C(Cc1ccc(-c2ccccc2)cc1)Nc1cc(C(F)(F)F)ccc1N1CCCCC1. The van der Waals surface area contributed by atoms with Crippen LogP contribution in [0.4, 0.5) is 24.5 Å². The average molecular weight is 438 g/mol. The van der Waals surface area contributed by atoms with E-state index >= 15 is 0 Å². The molecule has 0 atom stereocenters. The van der Waals surface area contributed by atoms with Crippen LogP contribution in [0.5, 0.6) is 0 Å². The van der Waals surface area contributed by atoms with Crippen molar-refractivity contribution >= 4 is 17.3 Å². The molecule has 0 aliphatic carbocycles. The van der Waals surface area contributed by atoms with Gasteiger partial charge in [0.2, 0.25) is 5.91 Å². The van der Waals surface area contributed by atoms with Gasteiger partial charge in [0.25, 0.3) is 0 Å². The summed E-state index contributed by atoms with van der Waals surface area (Å²) >= 11 is 0. The van der Waals surface area contributed by atoms with Crippen molar-refractivity contribution < 1.29 is 18.0 Å². The van der Waals surface area contributed by atoms with Crippen molar-refractivity contribution in [3.63, 3.8) is 0 Å². The summed E-state index contributed by atoms with van der Waals surface area (Å²) in [6.07, 6.45) is -1.29. The lowest BCUT2D eigenvalue weighted by atomic mass is 10.0. The molecule has 1 aliphatic heterocycles. The van der Waals surface area contributed by atoms with E-state index in [4.69, 9.17) is 0 Å². The number of alkyl halides is 3. The summed E-state index contributed by atoms with van der Waals surface area (Å²) in [5, 5.41) is 2.73. The second kappa shape index (κ2) is 9.47. The quantitative estimate of drug-likeness (QED) is 0.490. The first-order chi connectivity index (χ1) is 15.4. The Hall–Kier alpha value is -3.28. The molecule has 1 amide bonds. The van der Waals surface area contributed by atoms with Crippen molar-refractivity contribution in [3.05, 3.63) is 83.9 Å². The molecule has 0 bridgehead atoms. The molecule has 32 heavy (non-hydrogen) atoms. The van der Waals surface area contributed by atoms with E-state index in [-0.39, 0.29) is 18.0 Å². The van der Waals surface area contributed by atoms with E-state index in [2.05, 4.69) is 5.32 Å². The van der Waals surface area contributed by atoms with Crippen LogP contribution in [-0.2, 0) is 17.4 Å². The van der Waals surface area contributed by atoms with Gasteiger partial charge in [0.15, 0.2) is 0 Å². The van der Waals surface area contributed by atoms with E-state index < -0.39 is 11.7 Å². The van der Waals surface area contributed by atoms with Gasteiger partial charge in [-0.05, 0) is 54.2 Å². The molecule has 0 unspecified atom stereocenters. The molecule has 3 nitrogen and oxygen atoms in total. The first-order valence-electron chi connectivity index (χ1n) is 10.8. The lowest BCUT2D eigenvalue weighted by Gasteiger charge is -2.31. The van der Waals surface area contributed by atoms with Crippen LogP contribution < -0.4 is 10.2 Å². The van der Waals surface area contributed by atoms with E-state index in [1.807, 2.05) is 59.5 Å². The maximum absolute atomic E-state index is 13.3. The number of hydrogen-bond acceptors (Lipinski definition) is 2. The molecule has 0 radical (unpaired) electrons. The Kier molecular flexibility index (Phi) is 6.49. The van der Waals surface area contributed by atoms with Crippen LogP contribution in [0.1, 0.15) is 30.4 Å². The van der Waals surface area contributed by atoms with E-state index in [0.717, 1.165) is 61.2 Å². The zero-order chi connectivity index (χ0) is 22.6. The van der Waals surface area contributed by atoms with Crippen LogP contribution in [-0.4, -0.2) is 19.0 Å². The van der Waals surface area contributed by atoms with Gasteiger partial charge >= 0.3 is 6.18 Å². The zero-order valence-corrected chi connectivity index (χ0v) is 17.7. The van der Waals surface area contributed by atoms with Crippen LogP contribution in [0.15, 0.2) is 72.8 Å². The Labute approximate surface area is 185 Å². The van der Waals surface area contributed by atoms with Crippen molar-refractivity contribution in [2.45, 2.75) is 31.9 Å². The molecule has 166 valence electrons. The number of carbonyl (C=O) groups is 1. The molecule has 0 saturated carbocycles. The summed E-state index contributed by atoms with van der Waals surface area (Å²) in [5.41, 5.74) is 3.02. The Balaban J connectivity index is 1.51. The van der Waals surface area contributed by atoms with Crippen LogP contribution >= 0.6 is 0 Å². The van der Waals surface area contributed by atoms with Crippen LogP contribution in [0.3, 0.4) is 0 Å². The number of benzene rings is 3. The van der Waals surface area contributed by atoms with E-state index in [1.165, 1.54) is 6.07 Å². The number of halogens is 3. The van der Waals surface area contributed by atoms with Crippen LogP contribution in [0.2, 0.25) is 0 Å². The Morgan fingerprint density at radius 3 is 2.16 bits per heavy atom. The van der Waals surface area contributed by atoms with Crippen LogP contribution in [0.25, 0.3) is 11.1 Å². The highest BCUT2D eigenvalue weighted by molar-refractivity contribution is 5.96. The molecule has 1 N–H and O–H groups in total. The highest BCUT2D eigenvalue weighted by atomic mass is 19.4. The van der Waals surface area contributed by atoms with Gasteiger partial charge in [-0.25, -0.2) is 0 Å². The monoisotopic (exact) mass is 438 g/mol. The summed E-state index contributed by atoms with van der Waals surface area (Å²) in [5.74, 6) is -0.338. The molecule has 3 aromatic carbocycles. The topological polar surface area (TPSA) is 32.3 Å². The zero-order valence-electron chi connectivity index (χ0n) is 17.7. The molecule has 1 fully saturated rings. The van der Waals surface area contributed by atoms with Gasteiger partial charge in [0, 0.05) is 13.1 Å². The second-order valence-electron chi connectivity index (χ2n) is 8.07. The maximum atomic E-state index is 13.3. The van der Waals surface area contributed by atoms with E-state index in [1.54, 1.807) is 0 Å². The summed E-state index contributed by atoms with van der Waals surface area (Å²) in [4.78, 5) is 14.8. The summed E-state index contributed by atoms with van der Waals surface area (Å²) < 4.78 is 39.8. The first kappa shape index (κ1) is 21.9. The lowest BCUT2D eigenvalue weighted by Crippen LogP contribution is -2.30. The predicted molar refractivity (Wildman–Crippen MR) is 122 cm³/mol. The fraction of sp³-hybridized carbons (Fsp3) is 0.269. The van der Waals surface area contributed by atoms with Gasteiger partial charge in [0.05, 0.1) is 23.4 Å². The molecule has 1 saturated heterocycles. The lowest BCUT2D eigenvalue weighted by molar-refractivity contribution is -0.137. The van der Waals surface area contributed by atoms with E-state index in [9.17, 15) is 18.0 Å². The number of nitrogens with zero attached hydrogens (tertiary/aromatic N) is 1. The predicted octanol–water partition coefficient (Wildman–Crippen LogP) is 6.54. The molecule has 0 spiro atoms. The van der Waals surface area contributed by atoms with Gasteiger partial charge in [-0.1, -0.05) is 54.6 Å². The Morgan fingerprint density at radius 2 is 1.50 bits per heavy atom. The molecular weight excluding hydrogens is 413 g/mol. The smallest absolute Gasteiger partial charge is 0.370 e. The maximum Gasteiger partial charge on any atom is 0.416 e. The number of amides is 1. The normalized spacial score (nSPS) is 14.3. The van der Waals surface area contributed by atoms with Crippen LogP contribution in [0, 0.1) is 0 Å². The number of carbonyl (C=O) groups excluding carboxylic acids is 1. The Morgan fingerprint density at radius 1 is 0.844 bits per heavy atom. The van der Waals surface area contributed by atoms with Gasteiger partial charge in [0.1, 0.15) is 0 Å². The minimum absolute atomic E-state index is 0.0881. The summed E-state index contributed by atoms with van der Waals surface area (Å²) in [6, 6.07) is 21.1. The van der Waals surface area contributed by atoms with Crippen molar-refractivity contribution in [1.29, 1.82) is 0 Å². The number of anilines is 2. The molecule has 0 aromatic heterocycles. The minimum Gasteiger partial charge on any atom is -0.370 e.